The lowest BCUT2D eigenvalue weighted by Crippen LogP contribution is -2.38. The van der Waals surface area contributed by atoms with E-state index >= 15 is 0 Å². The first kappa shape index (κ1) is 17.5. The van der Waals surface area contributed by atoms with Crippen LogP contribution in [0.3, 0.4) is 0 Å². The highest BCUT2D eigenvalue weighted by molar-refractivity contribution is 7.91. The fourth-order valence-electron chi connectivity index (χ4n) is 2.13. The Kier molecular flexibility index (Phi) is 5.79. The van der Waals surface area contributed by atoms with Crippen molar-refractivity contribution in [3.8, 4) is 0 Å². The molecule has 1 fully saturated rings. The summed E-state index contributed by atoms with van der Waals surface area (Å²) in [6.07, 6.45) is 3.05. The number of carbonyl (C=O) groups is 2. The van der Waals surface area contributed by atoms with Crippen molar-refractivity contribution in [2.45, 2.75) is 12.5 Å². The van der Waals surface area contributed by atoms with Crippen molar-refractivity contribution in [2.24, 2.45) is 0 Å². The molecule has 23 heavy (non-hydrogen) atoms. The van der Waals surface area contributed by atoms with Crippen LogP contribution in [-0.2, 0) is 24.2 Å². The molecule has 1 atom stereocenters. The second-order valence-corrected chi connectivity index (χ2v) is 7.77. The van der Waals surface area contributed by atoms with Gasteiger partial charge in [-0.15, -0.1) is 0 Å². The lowest BCUT2D eigenvalue weighted by molar-refractivity contribution is -0.143. The van der Waals surface area contributed by atoms with Crippen LogP contribution in [0, 0.1) is 0 Å². The minimum Gasteiger partial charge on any atom is -0.452 e. The standard InChI is InChI=1S/C15H16ClNO5S/c16-13-4-2-1-3-11(13)5-6-15(19)22-9-14(18)17-12-7-8-23(20,21)10-12/h1-6,12H,7-10H2,(H,17,18). The number of carbonyl (C=O) groups excluding carboxylic acids is 2. The summed E-state index contributed by atoms with van der Waals surface area (Å²) in [4.78, 5) is 23.2. The van der Waals surface area contributed by atoms with Gasteiger partial charge in [-0.2, -0.15) is 0 Å². The number of halogens is 1. The van der Waals surface area contributed by atoms with Crippen LogP contribution in [0.2, 0.25) is 5.02 Å². The van der Waals surface area contributed by atoms with E-state index in [2.05, 4.69) is 5.32 Å². The second kappa shape index (κ2) is 7.61. The predicted molar refractivity (Wildman–Crippen MR) is 86.6 cm³/mol. The Morgan fingerprint density at radius 1 is 1.35 bits per heavy atom. The Balaban J connectivity index is 1.76. The van der Waals surface area contributed by atoms with Crippen LogP contribution >= 0.6 is 11.6 Å². The molecule has 1 amide bonds. The normalized spacial score (nSPS) is 19.6. The highest BCUT2D eigenvalue weighted by Crippen LogP contribution is 2.16. The maximum atomic E-state index is 11.6. The molecule has 1 saturated heterocycles. The topological polar surface area (TPSA) is 89.5 Å². The number of amides is 1. The third-order valence-electron chi connectivity index (χ3n) is 3.25. The van der Waals surface area contributed by atoms with Crippen molar-refractivity contribution in [2.75, 3.05) is 18.1 Å². The van der Waals surface area contributed by atoms with E-state index in [-0.39, 0.29) is 11.5 Å². The number of sulfone groups is 1. The number of ether oxygens (including phenoxy) is 1. The largest absolute Gasteiger partial charge is 0.452 e. The van der Waals surface area contributed by atoms with Crippen molar-refractivity contribution in [3.63, 3.8) is 0 Å². The number of nitrogens with one attached hydrogen (secondary N) is 1. The van der Waals surface area contributed by atoms with Gasteiger partial charge in [0.15, 0.2) is 16.4 Å². The summed E-state index contributed by atoms with van der Waals surface area (Å²) >= 11 is 5.94. The summed E-state index contributed by atoms with van der Waals surface area (Å²) in [5.74, 6) is -1.21. The first-order chi connectivity index (χ1) is 10.9. The summed E-state index contributed by atoms with van der Waals surface area (Å²) < 4.78 is 27.4. The fourth-order valence-corrected chi connectivity index (χ4v) is 4.00. The predicted octanol–water partition coefficient (Wildman–Crippen LogP) is 1.20. The molecule has 0 spiro atoms. The molecule has 8 heteroatoms. The molecule has 124 valence electrons. The monoisotopic (exact) mass is 357 g/mol. The molecule has 1 unspecified atom stereocenters. The van der Waals surface area contributed by atoms with Gasteiger partial charge in [0.05, 0.1) is 11.5 Å². The Labute approximate surface area is 139 Å². The number of rotatable bonds is 5. The number of esters is 1. The quantitative estimate of drug-likeness (QED) is 0.631. The molecule has 0 aromatic heterocycles. The first-order valence-electron chi connectivity index (χ1n) is 6.95. The van der Waals surface area contributed by atoms with Crippen molar-refractivity contribution in [1.82, 2.24) is 5.32 Å². The molecule has 1 N–H and O–H groups in total. The van der Waals surface area contributed by atoms with Gasteiger partial charge in [-0.05, 0) is 24.1 Å². The van der Waals surface area contributed by atoms with E-state index in [1.54, 1.807) is 24.3 Å². The van der Waals surface area contributed by atoms with E-state index in [1.165, 1.54) is 12.2 Å². The molecule has 2 rings (SSSR count). The lowest BCUT2D eigenvalue weighted by Gasteiger charge is -2.10. The van der Waals surface area contributed by atoms with Gasteiger partial charge in [0.1, 0.15) is 0 Å². The Bertz CT molecular complexity index is 729. The van der Waals surface area contributed by atoms with Crippen molar-refractivity contribution in [3.05, 3.63) is 40.9 Å². The van der Waals surface area contributed by atoms with Crippen LogP contribution in [-0.4, -0.2) is 44.4 Å². The minimum absolute atomic E-state index is 0.0678. The fraction of sp³-hybridized carbons (Fsp3) is 0.333. The molecular weight excluding hydrogens is 342 g/mol. The summed E-state index contributed by atoms with van der Waals surface area (Å²) in [6.45, 7) is -0.456. The Hall–Kier alpha value is -1.86. The SMILES string of the molecule is O=C(COC(=O)C=Cc1ccccc1Cl)NC1CCS(=O)(=O)C1. The van der Waals surface area contributed by atoms with E-state index < -0.39 is 34.4 Å². The summed E-state index contributed by atoms with van der Waals surface area (Å²) in [5, 5.41) is 3.03. The zero-order chi connectivity index (χ0) is 16.9. The first-order valence-corrected chi connectivity index (χ1v) is 9.15. The summed E-state index contributed by atoms with van der Waals surface area (Å²) in [6, 6.07) is 6.56. The Morgan fingerprint density at radius 3 is 2.74 bits per heavy atom. The Morgan fingerprint density at radius 2 is 2.09 bits per heavy atom. The minimum atomic E-state index is -3.06. The molecule has 0 aliphatic carbocycles. The van der Waals surface area contributed by atoms with Gasteiger partial charge in [0.25, 0.3) is 5.91 Å². The number of benzene rings is 1. The molecule has 1 aromatic rings. The van der Waals surface area contributed by atoms with Gasteiger partial charge < -0.3 is 10.1 Å². The van der Waals surface area contributed by atoms with E-state index in [0.29, 0.717) is 17.0 Å². The van der Waals surface area contributed by atoms with Gasteiger partial charge in [0.2, 0.25) is 0 Å². The van der Waals surface area contributed by atoms with Crippen LogP contribution in [0.25, 0.3) is 6.08 Å². The average molecular weight is 358 g/mol. The summed E-state index contributed by atoms with van der Waals surface area (Å²) in [5.41, 5.74) is 0.659. The van der Waals surface area contributed by atoms with Crippen LogP contribution in [0.5, 0.6) is 0 Å². The maximum Gasteiger partial charge on any atom is 0.331 e. The van der Waals surface area contributed by atoms with Crippen molar-refractivity contribution < 1.29 is 22.7 Å². The van der Waals surface area contributed by atoms with E-state index in [4.69, 9.17) is 16.3 Å². The highest BCUT2D eigenvalue weighted by atomic mass is 35.5. The zero-order valence-corrected chi connectivity index (χ0v) is 13.8. The molecule has 1 aliphatic heterocycles. The van der Waals surface area contributed by atoms with Crippen LogP contribution in [0.1, 0.15) is 12.0 Å². The lowest BCUT2D eigenvalue weighted by atomic mass is 10.2. The van der Waals surface area contributed by atoms with Gasteiger partial charge in [-0.25, -0.2) is 13.2 Å². The van der Waals surface area contributed by atoms with Gasteiger partial charge in [0, 0.05) is 17.1 Å². The van der Waals surface area contributed by atoms with Gasteiger partial charge in [-0.3, -0.25) is 4.79 Å². The van der Waals surface area contributed by atoms with Crippen molar-refractivity contribution >= 4 is 39.4 Å². The number of hydrogen-bond donors (Lipinski definition) is 1. The number of hydrogen-bond acceptors (Lipinski definition) is 5. The van der Waals surface area contributed by atoms with Crippen molar-refractivity contribution in [1.29, 1.82) is 0 Å². The zero-order valence-electron chi connectivity index (χ0n) is 12.2. The van der Waals surface area contributed by atoms with Gasteiger partial charge >= 0.3 is 5.97 Å². The molecule has 0 saturated carbocycles. The van der Waals surface area contributed by atoms with E-state index in [9.17, 15) is 18.0 Å². The third-order valence-corrected chi connectivity index (χ3v) is 5.36. The molecular formula is C15H16ClNO5S. The van der Waals surface area contributed by atoms with Crippen LogP contribution in [0.15, 0.2) is 30.3 Å². The molecule has 6 nitrogen and oxygen atoms in total. The summed E-state index contributed by atoms with van der Waals surface area (Å²) in [7, 11) is -3.06. The molecule has 1 aromatic carbocycles. The molecule has 0 bridgehead atoms. The van der Waals surface area contributed by atoms with Crippen LogP contribution < -0.4 is 5.32 Å². The van der Waals surface area contributed by atoms with E-state index in [1.807, 2.05) is 0 Å². The van der Waals surface area contributed by atoms with Crippen LogP contribution in [0.4, 0.5) is 0 Å². The third kappa shape index (κ3) is 5.69. The maximum absolute atomic E-state index is 11.6. The molecule has 1 heterocycles. The average Bonchev–Trinajstić information content (AvgIpc) is 2.83. The highest BCUT2D eigenvalue weighted by Gasteiger charge is 2.28. The van der Waals surface area contributed by atoms with E-state index in [0.717, 1.165) is 0 Å². The molecule has 1 aliphatic rings. The smallest absolute Gasteiger partial charge is 0.331 e. The second-order valence-electron chi connectivity index (χ2n) is 5.13. The molecule has 0 radical (unpaired) electrons. The van der Waals surface area contributed by atoms with Gasteiger partial charge in [-0.1, -0.05) is 29.8 Å².